The van der Waals surface area contributed by atoms with Crippen LogP contribution in [-0.2, 0) is 7.05 Å². The minimum Gasteiger partial charge on any atom is -0.345 e. The van der Waals surface area contributed by atoms with E-state index in [1.165, 1.54) is 0 Å². The van der Waals surface area contributed by atoms with Gasteiger partial charge >= 0.3 is 5.69 Å². The van der Waals surface area contributed by atoms with Crippen LogP contribution in [0.1, 0.15) is 28.9 Å². The van der Waals surface area contributed by atoms with Crippen molar-refractivity contribution in [2.75, 3.05) is 0 Å². The average molecular weight is 423 g/mol. The summed E-state index contributed by atoms with van der Waals surface area (Å²) in [7, 11) is 1.66. The molecule has 0 fully saturated rings. The van der Waals surface area contributed by atoms with Gasteiger partial charge in [-0.25, -0.2) is 9.36 Å². The van der Waals surface area contributed by atoms with Gasteiger partial charge in [0.2, 0.25) is 0 Å². The summed E-state index contributed by atoms with van der Waals surface area (Å²) in [4.78, 5) is 41.4. The van der Waals surface area contributed by atoms with E-state index in [0.29, 0.717) is 10.7 Å². The molecule has 7 nitrogen and oxygen atoms in total. The van der Waals surface area contributed by atoms with E-state index in [1.807, 2.05) is 37.3 Å². The van der Waals surface area contributed by atoms with Gasteiger partial charge in [0.15, 0.2) is 0 Å². The monoisotopic (exact) mass is 422 g/mol. The SMILES string of the molecule is C[C@@H](NC(=O)c1cn(C)c2c(=O)n(-c3ccc(Cl)cc3)c(=O)[nH]c12)c1ccccc1. The third-order valence-electron chi connectivity index (χ3n) is 5.00. The molecule has 0 aliphatic rings. The third kappa shape index (κ3) is 3.44. The van der Waals surface area contributed by atoms with Crippen molar-refractivity contribution in [2.24, 2.45) is 7.05 Å². The highest BCUT2D eigenvalue weighted by atomic mass is 35.5. The van der Waals surface area contributed by atoms with Crippen molar-refractivity contribution in [2.45, 2.75) is 13.0 Å². The summed E-state index contributed by atoms with van der Waals surface area (Å²) in [5.41, 5.74) is 0.840. The molecule has 2 aromatic carbocycles. The van der Waals surface area contributed by atoms with E-state index in [1.54, 1.807) is 42.1 Å². The van der Waals surface area contributed by atoms with Crippen molar-refractivity contribution in [3.63, 3.8) is 0 Å². The lowest BCUT2D eigenvalue weighted by Gasteiger charge is -2.13. The number of nitrogens with zero attached hydrogens (tertiary/aromatic N) is 2. The fourth-order valence-corrected chi connectivity index (χ4v) is 3.59. The third-order valence-corrected chi connectivity index (χ3v) is 5.25. The van der Waals surface area contributed by atoms with Crippen LogP contribution in [0, 0.1) is 0 Å². The number of carbonyl (C=O) groups is 1. The smallest absolute Gasteiger partial charge is 0.333 e. The van der Waals surface area contributed by atoms with Crippen LogP contribution in [0.15, 0.2) is 70.4 Å². The van der Waals surface area contributed by atoms with E-state index in [4.69, 9.17) is 11.6 Å². The second-order valence-electron chi connectivity index (χ2n) is 7.03. The van der Waals surface area contributed by atoms with Crippen molar-refractivity contribution in [3.05, 3.63) is 97.8 Å². The maximum atomic E-state index is 13.1. The molecule has 0 saturated carbocycles. The van der Waals surface area contributed by atoms with E-state index >= 15 is 0 Å². The summed E-state index contributed by atoms with van der Waals surface area (Å²) in [6, 6.07) is 15.7. The van der Waals surface area contributed by atoms with Gasteiger partial charge < -0.3 is 14.9 Å². The first-order chi connectivity index (χ1) is 14.4. The van der Waals surface area contributed by atoms with Gasteiger partial charge in [0.1, 0.15) is 5.52 Å². The Morgan fingerprint density at radius 2 is 1.73 bits per heavy atom. The molecule has 1 atom stereocenters. The second-order valence-corrected chi connectivity index (χ2v) is 7.47. The van der Waals surface area contributed by atoms with E-state index in [-0.39, 0.29) is 28.5 Å². The summed E-state index contributed by atoms with van der Waals surface area (Å²) in [6.07, 6.45) is 1.54. The number of amides is 1. The molecule has 2 N–H and O–H groups in total. The molecule has 1 amide bonds. The van der Waals surface area contributed by atoms with Crippen molar-refractivity contribution in [3.8, 4) is 5.69 Å². The van der Waals surface area contributed by atoms with Crippen LogP contribution in [0.3, 0.4) is 0 Å². The summed E-state index contributed by atoms with van der Waals surface area (Å²) < 4.78 is 2.56. The number of halogens is 1. The van der Waals surface area contributed by atoms with E-state index < -0.39 is 11.2 Å². The molecule has 0 unspecified atom stereocenters. The Morgan fingerprint density at radius 1 is 1.07 bits per heavy atom. The summed E-state index contributed by atoms with van der Waals surface area (Å²) in [5, 5.41) is 3.41. The van der Waals surface area contributed by atoms with Gasteiger partial charge in [-0.15, -0.1) is 0 Å². The largest absolute Gasteiger partial charge is 0.345 e. The predicted octanol–water partition coefficient (Wildman–Crippen LogP) is 3.16. The van der Waals surface area contributed by atoms with Gasteiger partial charge in [-0.1, -0.05) is 41.9 Å². The number of hydrogen-bond donors (Lipinski definition) is 2. The zero-order valence-electron chi connectivity index (χ0n) is 16.3. The molecule has 8 heteroatoms. The van der Waals surface area contributed by atoms with Gasteiger partial charge in [0.05, 0.1) is 22.8 Å². The zero-order valence-corrected chi connectivity index (χ0v) is 17.1. The first-order valence-corrected chi connectivity index (χ1v) is 9.70. The number of benzene rings is 2. The first-order valence-electron chi connectivity index (χ1n) is 9.33. The minimum atomic E-state index is -0.633. The summed E-state index contributed by atoms with van der Waals surface area (Å²) in [5.74, 6) is -0.378. The molecule has 2 aromatic heterocycles. The molecule has 0 aliphatic carbocycles. The number of carbonyl (C=O) groups excluding carboxylic acids is 1. The molecule has 0 radical (unpaired) electrons. The van der Waals surface area contributed by atoms with Crippen molar-refractivity contribution in [1.82, 2.24) is 19.4 Å². The standard InChI is InChI=1S/C22H19ClN4O3/c1-13(14-6-4-3-5-7-14)24-20(28)17-12-26(2)19-18(17)25-22(30)27(21(19)29)16-10-8-15(23)9-11-16/h3-13H,1-2H3,(H,24,28)(H,25,30)/t13-/m1/s1. The quantitative estimate of drug-likeness (QED) is 0.529. The number of rotatable bonds is 4. The van der Waals surface area contributed by atoms with Gasteiger partial charge in [0, 0.05) is 18.3 Å². The first kappa shape index (κ1) is 19.7. The fourth-order valence-electron chi connectivity index (χ4n) is 3.47. The maximum absolute atomic E-state index is 13.1. The highest BCUT2D eigenvalue weighted by Crippen LogP contribution is 2.18. The van der Waals surface area contributed by atoms with Crippen LogP contribution in [0.25, 0.3) is 16.7 Å². The molecule has 0 bridgehead atoms. The summed E-state index contributed by atoms with van der Waals surface area (Å²) >= 11 is 5.90. The van der Waals surface area contributed by atoms with Crippen LogP contribution in [0.5, 0.6) is 0 Å². The summed E-state index contributed by atoms with van der Waals surface area (Å²) in [6.45, 7) is 1.87. The second kappa shape index (κ2) is 7.68. The van der Waals surface area contributed by atoms with E-state index in [2.05, 4.69) is 10.3 Å². The molecule has 4 rings (SSSR count). The highest BCUT2D eigenvalue weighted by molar-refractivity contribution is 6.30. The number of hydrogen-bond acceptors (Lipinski definition) is 3. The molecule has 152 valence electrons. The van der Waals surface area contributed by atoms with Crippen LogP contribution < -0.4 is 16.6 Å². The van der Waals surface area contributed by atoms with Crippen molar-refractivity contribution < 1.29 is 4.79 Å². The van der Waals surface area contributed by atoms with Crippen LogP contribution >= 0.6 is 11.6 Å². The van der Waals surface area contributed by atoms with Crippen molar-refractivity contribution in [1.29, 1.82) is 0 Å². The van der Waals surface area contributed by atoms with Gasteiger partial charge in [-0.3, -0.25) is 9.59 Å². The number of nitrogens with one attached hydrogen (secondary N) is 2. The van der Waals surface area contributed by atoms with Crippen LogP contribution in [-0.4, -0.2) is 20.0 Å². The molecule has 0 aliphatic heterocycles. The highest BCUT2D eigenvalue weighted by Gasteiger charge is 2.21. The van der Waals surface area contributed by atoms with Crippen molar-refractivity contribution >= 4 is 28.5 Å². The lowest BCUT2D eigenvalue weighted by atomic mass is 10.1. The number of aryl methyl sites for hydroxylation is 1. The Bertz CT molecular complexity index is 1350. The lowest BCUT2D eigenvalue weighted by Crippen LogP contribution is -2.34. The Hall–Kier alpha value is -3.58. The number of fused-ring (bicyclic) bond motifs is 1. The molecule has 2 heterocycles. The molecular weight excluding hydrogens is 404 g/mol. The maximum Gasteiger partial charge on any atom is 0.333 e. The average Bonchev–Trinajstić information content (AvgIpc) is 3.06. The lowest BCUT2D eigenvalue weighted by molar-refractivity contribution is 0.0941. The number of H-pyrrole nitrogens is 1. The fraction of sp³-hybridized carbons (Fsp3) is 0.136. The minimum absolute atomic E-state index is 0.204. The molecule has 4 aromatic rings. The zero-order chi connectivity index (χ0) is 21.4. The topological polar surface area (TPSA) is 88.9 Å². The Balaban J connectivity index is 1.78. The predicted molar refractivity (Wildman–Crippen MR) is 116 cm³/mol. The van der Waals surface area contributed by atoms with Crippen LogP contribution in [0.2, 0.25) is 5.02 Å². The Morgan fingerprint density at radius 3 is 2.40 bits per heavy atom. The molecule has 0 spiro atoms. The normalized spacial score (nSPS) is 12.1. The van der Waals surface area contributed by atoms with E-state index in [0.717, 1.165) is 10.1 Å². The Kier molecular flexibility index (Phi) is 5.05. The number of aromatic nitrogens is 3. The Labute approximate surface area is 176 Å². The van der Waals surface area contributed by atoms with Crippen LogP contribution in [0.4, 0.5) is 0 Å². The number of aromatic amines is 1. The van der Waals surface area contributed by atoms with Gasteiger partial charge in [0.25, 0.3) is 11.5 Å². The van der Waals surface area contributed by atoms with Gasteiger partial charge in [-0.05, 0) is 36.8 Å². The molecule has 30 heavy (non-hydrogen) atoms. The van der Waals surface area contributed by atoms with E-state index in [9.17, 15) is 14.4 Å². The molecule has 0 saturated heterocycles. The molecular formula is C22H19ClN4O3. The van der Waals surface area contributed by atoms with Gasteiger partial charge in [-0.2, -0.15) is 0 Å².